The van der Waals surface area contributed by atoms with E-state index >= 15 is 0 Å². The number of Topliss-reactive ketones (excluding diaryl/α,β-unsaturated/α-hetero) is 2. The van der Waals surface area contributed by atoms with Crippen LogP contribution in [0, 0.1) is 6.92 Å². The average molecular weight is 326 g/mol. The van der Waals surface area contributed by atoms with Crippen molar-refractivity contribution < 1.29 is 9.59 Å². The topological polar surface area (TPSA) is 34.1 Å². The Hall–Kier alpha value is -3.00. The summed E-state index contributed by atoms with van der Waals surface area (Å²) in [5.41, 5.74) is 2.66. The molecule has 0 heterocycles. The quantitative estimate of drug-likeness (QED) is 0.662. The zero-order chi connectivity index (χ0) is 17.4. The number of hydrogen-bond acceptors (Lipinski definition) is 2. The van der Waals surface area contributed by atoms with Crippen molar-refractivity contribution in [3.63, 3.8) is 0 Å². The summed E-state index contributed by atoms with van der Waals surface area (Å²) in [5, 5.41) is 0. The molecule has 0 aliphatic heterocycles. The maximum Gasteiger partial charge on any atom is 0.182 e. The van der Waals surface area contributed by atoms with Gasteiger partial charge in [-0.25, -0.2) is 0 Å². The van der Waals surface area contributed by atoms with E-state index in [1.807, 2.05) is 73.7 Å². The van der Waals surface area contributed by atoms with Crippen LogP contribution in [0.15, 0.2) is 78.9 Å². The van der Waals surface area contributed by atoms with Gasteiger partial charge < -0.3 is 0 Å². The van der Waals surface area contributed by atoms with Crippen LogP contribution in [0.5, 0.6) is 0 Å². The Bertz CT molecular complexity index is 935. The van der Waals surface area contributed by atoms with Gasteiger partial charge in [-0.3, -0.25) is 9.59 Å². The molecule has 0 radical (unpaired) electrons. The maximum absolute atomic E-state index is 13.5. The Balaban J connectivity index is 1.97. The fourth-order valence-corrected chi connectivity index (χ4v) is 3.90. The van der Waals surface area contributed by atoms with Gasteiger partial charge in [-0.15, -0.1) is 0 Å². The second kappa shape index (κ2) is 5.82. The van der Waals surface area contributed by atoms with Crippen LogP contribution in [0.1, 0.15) is 37.4 Å². The van der Waals surface area contributed by atoms with E-state index in [0.29, 0.717) is 17.5 Å². The normalized spacial score (nSPS) is 15.2. The van der Waals surface area contributed by atoms with Crippen molar-refractivity contribution in [1.29, 1.82) is 0 Å². The molecule has 0 N–H and O–H groups in total. The highest BCUT2D eigenvalue weighted by Crippen LogP contribution is 2.43. The number of fused-ring (bicyclic) bond motifs is 1. The second-order valence-electron chi connectivity index (χ2n) is 6.59. The summed E-state index contributed by atoms with van der Waals surface area (Å²) in [6.45, 7) is 1.96. The molecule has 0 atom stereocenters. The van der Waals surface area contributed by atoms with Crippen LogP contribution < -0.4 is 0 Å². The van der Waals surface area contributed by atoms with Gasteiger partial charge in [0.2, 0.25) is 0 Å². The lowest BCUT2D eigenvalue weighted by Crippen LogP contribution is -2.41. The molecule has 122 valence electrons. The van der Waals surface area contributed by atoms with E-state index in [4.69, 9.17) is 0 Å². The zero-order valence-electron chi connectivity index (χ0n) is 14.0. The molecular formula is C23H18O2. The van der Waals surface area contributed by atoms with Gasteiger partial charge in [-0.2, -0.15) is 0 Å². The number of rotatable bonds is 3. The van der Waals surface area contributed by atoms with Crippen molar-refractivity contribution in [1.82, 2.24) is 0 Å². The molecule has 0 unspecified atom stereocenters. The third-order valence-electron chi connectivity index (χ3n) is 5.11. The summed E-state index contributed by atoms with van der Waals surface area (Å²) < 4.78 is 0. The van der Waals surface area contributed by atoms with Gasteiger partial charge in [-0.05, 0) is 30.0 Å². The minimum absolute atomic E-state index is 0.0914. The van der Waals surface area contributed by atoms with Crippen LogP contribution in [-0.2, 0) is 11.8 Å². The van der Waals surface area contributed by atoms with Gasteiger partial charge in [-0.1, -0.05) is 78.9 Å². The van der Waals surface area contributed by atoms with Gasteiger partial charge in [0, 0.05) is 11.1 Å². The number of carbonyl (C=O) groups is 2. The molecule has 1 aliphatic rings. The van der Waals surface area contributed by atoms with E-state index in [1.54, 1.807) is 12.1 Å². The highest BCUT2D eigenvalue weighted by atomic mass is 16.2. The predicted molar refractivity (Wildman–Crippen MR) is 98.1 cm³/mol. The molecule has 0 aromatic heterocycles. The van der Waals surface area contributed by atoms with E-state index < -0.39 is 5.41 Å². The molecule has 2 heteroatoms. The summed E-state index contributed by atoms with van der Waals surface area (Å²) in [4.78, 5) is 26.9. The van der Waals surface area contributed by atoms with Crippen molar-refractivity contribution in [2.45, 2.75) is 18.8 Å². The zero-order valence-corrected chi connectivity index (χ0v) is 14.0. The van der Waals surface area contributed by atoms with Gasteiger partial charge in [0.25, 0.3) is 0 Å². The molecule has 2 nitrogen and oxygen atoms in total. The first kappa shape index (κ1) is 15.5. The fraction of sp³-hybridized carbons (Fsp3) is 0.130. The lowest BCUT2D eigenvalue weighted by atomic mass is 9.70. The molecule has 25 heavy (non-hydrogen) atoms. The predicted octanol–water partition coefficient (Wildman–Crippen LogP) is 4.55. The van der Waals surface area contributed by atoms with E-state index in [9.17, 15) is 9.59 Å². The number of ketones is 2. The van der Waals surface area contributed by atoms with E-state index in [-0.39, 0.29) is 11.6 Å². The number of carbonyl (C=O) groups excluding carboxylic acids is 2. The fourth-order valence-electron chi connectivity index (χ4n) is 3.90. The molecule has 0 fully saturated rings. The number of benzene rings is 3. The highest BCUT2D eigenvalue weighted by Gasteiger charge is 2.54. The minimum atomic E-state index is -1.17. The minimum Gasteiger partial charge on any atom is -0.293 e. The molecule has 3 aromatic carbocycles. The average Bonchev–Trinajstić information content (AvgIpc) is 2.86. The smallest absolute Gasteiger partial charge is 0.182 e. The van der Waals surface area contributed by atoms with Crippen LogP contribution >= 0.6 is 0 Å². The van der Waals surface area contributed by atoms with Crippen molar-refractivity contribution >= 4 is 11.6 Å². The first-order valence-electron chi connectivity index (χ1n) is 8.43. The Morgan fingerprint density at radius 2 is 1.20 bits per heavy atom. The van der Waals surface area contributed by atoms with Gasteiger partial charge in [0.1, 0.15) is 5.41 Å². The van der Waals surface area contributed by atoms with Crippen molar-refractivity contribution in [3.8, 4) is 0 Å². The molecule has 1 aliphatic carbocycles. The Morgan fingerprint density at radius 3 is 1.80 bits per heavy atom. The summed E-state index contributed by atoms with van der Waals surface area (Å²) in [7, 11) is 0. The molecule has 0 amide bonds. The lowest BCUT2D eigenvalue weighted by Gasteiger charge is -2.28. The van der Waals surface area contributed by atoms with Crippen molar-refractivity contribution in [3.05, 3.63) is 107 Å². The molecule has 4 rings (SSSR count). The lowest BCUT2D eigenvalue weighted by molar-refractivity contribution is 0.0792. The van der Waals surface area contributed by atoms with E-state index in [1.165, 1.54) is 0 Å². The Labute approximate surface area is 147 Å². The van der Waals surface area contributed by atoms with Gasteiger partial charge >= 0.3 is 0 Å². The van der Waals surface area contributed by atoms with Crippen LogP contribution in [0.3, 0.4) is 0 Å². The monoisotopic (exact) mass is 326 g/mol. The van der Waals surface area contributed by atoms with Crippen molar-refractivity contribution in [2.75, 3.05) is 0 Å². The summed E-state index contributed by atoms with van der Waals surface area (Å²) in [5.74, 6) is -0.183. The van der Waals surface area contributed by atoms with Crippen LogP contribution in [0.2, 0.25) is 0 Å². The summed E-state index contributed by atoms with van der Waals surface area (Å²) in [6, 6.07) is 24.7. The first-order valence-corrected chi connectivity index (χ1v) is 8.43. The van der Waals surface area contributed by atoms with Crippen LogP contribution in [0.4, 0.5) is 0 Å². The van der Waals surface area contributed by atoms with E-state index in [0.717, 1.165) is 16.7 Å². The summed E-state index contributed by atoms with van der Waals surface area (Å²) in [6.07, 6.45) is 0.380. The molecule has 0 saturated heterocycles. The largest absolute Gasteiger partial charge is 0.293 e. The molecule has 0 saturated carbocycles. The molecular weight excluding hydrogens is 308 g/mol. The Morgan fingerprint density at radius 1 is 0.680 bits per heavy atom. The summed E-state index contributed by atoms with van der Waals surface area (Å²) >= 11 is 0. The van der Waals surface area contributed by atoms with Gasteiger partial charge in [0.15, 0.2) is 11.6 Å². The third-order valence-corrected chi connectivity index (χ3v) is 5.11. The van der Waals surface area contributed by atoms with Crippen LogP contribution in [-0.4, -0.2) is 11.6 Å². The number of hydrogen-bond donors (Lipinski definition) is 0. The first-order chi connectivity index (χ1) is 12.1. The van der Waals surface area contributed by atoms with Crippen molar-refractivity contribution in [2.24, 2.45) is 0 Å². The third kappa shape index (κ3) is 2.25. The second-order valence-corrected chi connectivity index (χ2v) is 6.59. The number of aryl methyl sites for hydroxylation is 1. The SMILES string of the molecule is Cc1ccccc1C1(Cc2ccccc2)C(=O)c2ccccc2C1=O. The molecule has 0 spiro atoms. The van der Waals surface area contributed by atoms with Gasteiger partial charge in [0.05, 0.1) is 0 Å². The molecule has 3 aromatic rings. The van der Waals surface area contributed by atoms with Crippen LogP contribution in [0.25, 0.3) is 0 Å². The molecule has 0 bridgehead atoms. The Kier molecular flexibility index (Phi) is 3.61. The highest BCUT2D eigenvalue weighted by molar-refractivity contribution is 6.33. The standard InChI is InChI=1S/C23H18O2/c1-16-9-5-8-14-20(16)23(15-17-10-3-2-4-11-17)21(24)18-12-6-7-13-19(18)22(23)25/h2-14H,15H2,1H3. The van der Waals surface area contributed by atoms with E-state index in [2.05, 4.69) is 0 Å². The maximum atomic E-state index is 13.5.